The minimum atomic E-state index is 0.0349. The second-order valence-corrected chi connectivity index (χ2v) is 13.0. The van der Waals surface area contributed by atoms with Crippen LogP contribution >= 0.6 is 0 Å². The molecule has 0 aromatic carbocycles. The van der Waals surface area contributed by atoms with Gasteiger partial charge in [-0.15, -0.1) is 0 Å². The molecule has 1 aliphatic carbocycles. The van der Waals surface area contributed by atoms with E-state index in [4.69, 9.17) is 0 Å². The number of nitrogens with one attached hydrogen (secondary N) is 1. The molecule has 0 radical (unpaired) electrons. The van der Waals surface area contributed by atoms with Crippen molar-refractivity contribution in [3.05, 3.63) is 0 Å². The molecule has 1 fully saturated rings. The van der Waals surface area contributed by atoms with Crippen molar-refractivity contribution >= 4 is 5.91 Å². The standard InChI is InChI=1S/C36H71NO/c1-3-5-7-9-11-13-15-17-19-21-23-25-27-29-31-36(32-33-36)35(38)37-34-30-28-26-24-22-20-18-16-14-12-10-8-6-4-2/h3-34H2,1-2H3,(H,37,38). The van der Waals surface area contributed by atoms with Gasteiger partial charge in [-0.25, -0.2) is 0 Å². The monoisotopic (exact) mass is 534 g/mol. The molecular weight excluding hydrogens is 462 g/mol. The first-order chi connectivity index (χ1) is 18.7. The molecule has 1 saturated carbocycles. The van der Waals surface area contributed by atoms with Crippen LogP contribution in [0, 0.1) is 5.41 Å². The summed E-state index contributed by atoms with van der Waals surface area (Å²) in [4.78, 5) is 12.7. The smallest absolute Gasteiger partial charge is 0.226 e. The fourth-order valence-electron chi connectivity index (χ4n) is 6.11. The number of amides is 1. The largest absolute Gasteiger partial charge is 0.356 e. The van der Waals surface area contributed by atoms with Gasteiger partial charge in [-0.3, -0.25) is 4.79 Å². The molecule has 0 atom stereocenters. The van der Waals surface area contributed by atoms with Crippen LogP contribution in [0.1, 0.15) is 213 Å². The van der Waals surface area contributed by atoms with Crippen LogP contribution in [0.3, 0.4) is 0 Å². The summed E-state index contributed by atoms with van der Waals surface area (Å²) in [7, 11) is 0. The molecule has 38 heavy (non-hydrogen) atoms. The number of rotatable bonds is 31. The summed E-state index contributed by atoms with van der Waals surface area (Å²) >= 11 is 0. The minimum Gasteiger partial charge on any atom is -0.356 e. The van der Waals surface area contributed by atoms with Gasteiger partial charge in [0.25, 0.3) is 0 Å². The van der Waals surface area contributed by atoms with E-state index < -0.39 is 0 Å². The maximum Gasteiger partial charge on any atom is 0.226 e. The molecule has 1 amide bonds. The van der Waals surface area contributed by atoms with Crippen LogP contribution in [0.25, 0.3) is 0 Å². The van der Waals surface area contributed by atoms with E-state index in [2.05, 4.69) is 19.2 Å². The SMILES string of the molecule is CCCCCCCCCCCCCCCCNC(=O)C1(CCCCCCCCCCCCCCCC)CC1. The van der Waals surface area contributed by atoms with E-state index in [1.54, 1.807) is 0 Å². The Hall–Kier alpha value is -0.530. The lowest BCUT2D eigenvalue weighted by atomic mass is 9.96. The van der Waals surface area contributed by atoms with Gasteiger partial charge in [-0.05, 0) is 25.7 Å². The second-order valence-electron chi connectivity index (χ2n) is 13.0. The van der Waals surface area contributed by atoms with Crippen LogP contribution in [0.15, 0.2) is 0 Å². The zero-order valence-corrected chi connectivity index (χ0v) is 26.5. The van der Waals surface area contributed by atoms with E-state index in [0.717, 1.165) is 25.8 Å². The predicted octanol–water partition coefficient (Wildman–Crippen LogP) is 12.2. The number of carbonyl (C=O) groups excluding carboxylic acids is 1. The molecule has 0 bridgehead atoms. The van der Waals surface area contributed by atoms with Crippen LogP contribution < -0.4 is 5.32 Å². The van der Waals surface area contributed by atoms with E-state index in [9.17, 15) is 4.79 Å². The molecule has 1 rings (SSSR count). The molecule has 0 unspecified atom stereocenters. The Balaban J connectivity index is 1.81. The third kappa shape index (κ3) is 21.3. The molecule has 0 spiro atoms. The summed E-state index contributed by atoms with van der Waals surface area (Å²) < 4.78 is 0. The summed E-state index contributed by atoms with van der Waals surface area (Å²) in [5.74, 6) is 0.377. The third-order valence-electron chi connectivity index (χ3n) is 9.16. The van der Waals surface area contributed by atoms with E-state index in [1.165, 1.54) is 180 Å². The topological polar surface area (TPSA) is 29.1 Å². The van der Waals surface area contributed by atoms with Gasteiger partial charge in [-0.2, -0.15) is 0 Å². The first-order valence-electron chi connectivity index (χ1n) is 18.0. The maximum atomic E-state index is 12.7. The van der Waals surface area contributed by atoms with Crippen molar-refractivity contribution in [1.29, 1.82) is 0 Å². The molecule has 0 aliphatic heterocycles. The van der Waals surface area contributed by atoms with Gasteiger partial charge in [0.15, 0.2) is 0 Å². The fraction of sp³-hybridized carbons (Fsp3) is 0.972. The summed E-state index contributed by atoms with van der Waals surface area (Å²) in [6, 6.07) is 0. The summed E-state index contributed by atoms with van der Waals surface area (Å²) in [5.41, 5.74) is 0.0349. The van der Waals surface area contributed by atoms with Gasteiger partial charge in [-0.1, -0.05) is 187 Å². The fourth-order valence-corrected chi connectivity index (χ4v) is 6.11. The van der Waals surface area contributed by atoms with Crippen LogP contribution in [0.2, 0.25) is 0 Å². The predicted molar refractivity (Wildman–Crippen MR) is 170 cm³/mol. The molecule has 226 valence electrons. The molecule has 2 nitrogen and oxygen atoms in total. The molecule has 0 aromatic heterocycles. The number of hydrogen-bond donors (Lipinski definition) is 1. The Bertz CT molecular complexity index is 498. The van der Waals surface area contributed by atoms with Crippen LogP contribution in [-0.4, -0.2) is 12.5 Å². The highest BCUT2D eigenvalue weighted by Gasteiger charge is 2.48. The Morgan fingerprint density at radius 1 is 0.447 bits per heavy atom. The zero-order chi connectivity index (χ0) is 27.4. The number of unbranched alkanes of at least 4 members (excludes halogenated alkanes) is 26. The molecular formula is C36H71NO. The normalized spacial score (nSPS) is 14.2. The highest BCUT2D eigenvalue weighted by Crippen LogP contribution is 2.50. The van der Waals surface area contributed by atoms with Crippen molar-refractivity contribution in [3.8, 4) is 0 Å². The third-order valence-corrected chi connectivity index (χ3v) is 9.16. The Kier molecular flexibility index (Phi) is 24.9. The van der Waals surface area contributed by atoms with Gasteiger partial charge < -0.3 is 5.32 Å². The Morgan fingerprint density at radius 2 is 0.737 bits per heavy atom. The lowest BCUT2D eigenvalue weighted by Gasteiger charge is -2.15. The lowest BCUT2D eigenvalue weighted by molar-refractivity contribution is -0.126. The quantitative estimate of drug-likeness (QED) is 0.0882. The van der Waals surface area contributed by atoms with Gasteiger partial charge >= 0.3 is 0 Å². The van der Waals surface area contributed by atoms with Crippen molar-refractivity contribution in [2.45, 2.75) is 213 Å². The van der Waals surface area contributed by atoms with Crippen molar-refractivity contribution in [2.24, 2.45) is 5.41 Å². The molecule has 0 aromatic rings. The van der Waals surface area contributed by atoms with Crippen molar-refractivity contribution in [3.63, 3.8) is 0 Å². The summed E-state index contributed by atoms with van der Waals surface area (Å²) in [6.07, 6.45) is 42.5. The number of hydrogen-bond acceptors (Lipinski definition) is 1. The van der Waals surface area contributed by atoms with Gasteiger partial charge in [0.2, 0.25) is 5.91 Å². The Labute approximate surface area is 240 Å². The van der Waals surface area contributed by atoms with Gasteiger partial charge in [0, 0.05) is 12.0 Å². The first-order valence-corrected chi connectivity index (χ1v) is 18.0. The van der Waals surface area contributed by atoms with Gasteiger partial charge in [0.1, 0.15) is 0 Å². The van der Waals surface area contributed by atoms with E-state index in [-0.39, 0.29) is 5.41 Å². The van der Waals surface area contributed by atoms with Gasteiger partial charge in [0.05, 0.1) is 0 Å². The van der Waals surface area contributed by atoms with E-state index >= 15 is 0 Å². The van der Waals surface area contributed by atoms with E-state index in [1.807, 2.05) is 0 Å². The average molecular weight is 534 g/mol. The maximum absolute atomic E-state index is 12.7. The minimum absolute atomic E-state index is 0.0349. The second kappa shape index (κ2) is 26.7. The molecule has 2 heteroatoms. The zero-order valence-electron chi connectivity index (χ0n) is 26.5. The van der Waals surface area contributed by atoms with Crippen molar-refractivity contribution in [1.82, 2.24) is 5.32 Å². The lowest BCUT2D eigenvalue weighted by Crippen LogP contribution is -2.32. The summed E-state index contributed by atoms with van der Waals surface area (Å²) in [6.45, 7) is 5.49. The van der Waals surface area contributed by atoms with Crippen LogP contribution in [0.5, 0.6) is 0 Å². The number of carbonyl (C=O) groups is 1. The van der Waals surface area contributed by atoms with Crippen molar-refractivity contribution in [2.75, 3.05) is 6.54 Å². The molecule has 0 saturated heterocycles. The highest BCUT2D eigenvalue weighted by molar-refractivity contribution is 5.85. The molecule has 1 N–H and O–H groups in total. The Morgan fingerprint density at radius 3 is 1.05 bits per heavy atom. The van der Waals surface area contributed by atoms with Crippen molar-refractivity contribution < 1.29 is 4.79 Å². The first kappa shape index (κ1) is 35.5. The van der Waals surface area contributed by atoms with Crippen LogP contribution in [-0.2, 0) is 4.79 Å². The van der Waals surface area contributed by atoms with E-state index in [0.29, 0.717) is 5.91 Å². The van der Waals surface area contributed by atoms with Crippen LogP contribution in [0.4, 0.5) is 0 Å². The highest BCUT2D eigenvalue weighted by atomic mass is 16.2. The molecule has 1 aliphatic rings. The average Bonchev–Trinajstić information content (AvgIpc) is 3.72. The molecule has 0 heterocycles. The summed E-state index contributed by atoms with van der Waals surface area (Å²) in [5, 5.41) is 3.29.